The molecule has 0 amide bonds. The fourth-order valence-corrected chi connectivity index (χ4v) is 3.21. The maximum Gasteiger partial charge on any atom is 0.333 e. The molecule has 0 aliphatic carbocycles. The number of rotatable bonds is 2. The van der Waals surface area contributed by atoms with Gasteiger partial charge in [-0.1, -0.05) is 12.1 Å². The molecule has 0 radical (unpaired) electrons. The monoisotopic (exact) mass is 268 g/mol. The van der Waals surface area contributed by atoms with Crippen LogP contribution in [0.4, 0.5) is 5.69 Å². The van der Waals surface area contributed by atoms with Crippen molar-refractivity contribution in [2.24, 2.45) is 0 Å². The minimum atomic E-state index is -1.16. The van der Waals surface area contributed by atoms with Crippen molar-refractivity contribution in [1.29, 1.82) is 0 Å². The number of carbonyl (C=O) groups is 1. The van der Waals surface area contributed by atoms with Gasteiger partial charge in [0.15, 0.2) is 0 Å². The van der Waals surface area contributed by atoms with Crippen LogP contribution in [0.2, 0.25) is 0 Å². The highest BCUT2D eigenvalue weighted by Gasteiger charge is 2.24. The molecule has 0 atom stereocenters. The van der Waals surface area contributed by atoms with Crippen molar-refractivity contribution in [3.8, 4) is 0 Å². The van der Waals surface area contributed by atoms with Crippen LogP contribution in [0.1, 0.15) is 29.5 Å². The van der Waals surface area contributed by atoms with Gasteiger partial charge in [-0.05, 0) is 48.4 Å². The lowest BCUT2D eigenvalue weighted by molar-refractivity contribution is -0.132. The molecular formula is C16H16N2O2. The van der Waals surface area contributed by atoms with E-state index >= 15 is 0 Å². The van der Waals surface area contributed by atoms with Crippen LogP contribution in [-0.2, 0) is 17.6 Å². The molecule has 1 N–H and O–H groups in total. The molecule has 0 aromatic heterocycles. The molecule has 1 aromatic carbocycles. The number of aryl methyl sites for hydroxylation is 2. The SMILES string of the molecule is [C-]#[N+]/C(=C\c1cc2c3c(c1)CCCN3CCC2)C(=O)O. The number of carboxylic acids is 1. The molecule has 0 bridgehead atoms. The Balaban J connectivity index is 2.08. The third-order valence-electron chi connectivity index (χ3n) is 4.00. The van der Waals surface area contributed by atoms with Crippen molar-refractivity contribution in [3.63, 3.8) is 0 Å². The first-order chi connectivity index (χ1) is 9.69. The average Bonchev–Trinajstić information content (AvgIpc) is 2.45. The second-order valence-corrected chi connectivity index (χ2v) is 5.33. The molecular weight excluding hydrogens is 252 g/mol. The van der Waals surface area contributed by atoms with E-state index in [0.717, 1.165) is 44.3 Å². The number of hydrogen-bond donors (Lipinski definition) is 1. The van der Waals surface area contributed by atoms with Gasteiger partial charge in [0, 0.05) is 18.8 Å². The van der Waals surface area contributed by atoms with Crippen LogP contribution < -0.4 is 4.90 Å². The minimum absolute atomic E-state index is 0.222. The van der Waals surface area contributed by atoms with Gasteiger partial charge in [0.05, 0.1) is 6.57 Å². The van der Waals surface area contributed by atoms with Crippen LogP contribution in [0.25, 0.3) is 10.9 Å². The van der Waals surface area contributed by atoms with E-state index in [4.69, 9.17) is 11.7 Å². The predicted octanol–water partition coefficient (Wildman–Crippen LogP) is 2.73. The zero-order valence-electron chi connectivity index (χ0n) is 11.2. The third-order valence-corrected chi connectivity index (χ3v) is 4.00. The Hall–Kier alpha value is -2.28. The lowest BCUT2D eigenvalue weighted by atomic mass is 9.90. The summed E-state index contributed by atoms with van der Waals surface area (Å²) in [4.78, 5) is 16.5. The quantitative estimate of drug-likeness (QED) is 0.662. The summed E-state index contributed by atoms with van der Waals surface area (Å²) in [6.07, 6.45) is 5.87. The Labute approximate surface area is 118 Å². The maximum atomic E-state index is 11.0. The van der Waals surface area contributed by atoms with Crippen LogP contribution in [0.5, 0.6) is 0 Å². The molecule has 0 saturated carbocycles. The zero-order valence-corrected chi connectivity index (χ0v) is 11.2. The van der Waals surface area contributed by atoms with Crippen LogP contribution in [0, 0.1) is 6.57 Å². The van der Waals surface area contributed by atoms with Gasteiger partial charge in [-0.3, -0.25) is 4.79 Å². The first-order valence-electron chi connectivity index (χ1n) is 6.92. The summed E-state index contributed by atoms with van der Waals surface area (Å²) in [5.41, 5.74) is 4.58. The highest BCUT2D eigenvalue weighted by atomic mass is 16.4. The van der Waals surface area contributed by atoms with E-state index in [1.54, 1.807) is 0 Å². The fourth-order valence-electron chi connectivity index (χ4n) is 3.21. The van der Waals surface area contributed by atoms with E-state index in [1.165, 1.54) is 22.9 Å². The van der Waals surface area contributed by atoms with Crippen molar-refractivity contribution >= 4 is 17.7 Å². The van der Waals surface area contributed by atoms with Crippen molar-refractivity contribution in [1.82, 2.24) is 0 Å². The molecule has 102 valence electrons. The van der Waals surface area contributed by atoms with Crippen LogP contribution in [-0.4, -0.2) is 24.2 Å². The van der Waals surface area contributed by atoms with Gasteiger partial charge < -0.3 is 10.0 Å². The second kappa shape index (κ2) is 5.01. The lowest BCUT2D eigenvalue weighted by Crippen LogP contribution is -2.34. The van der Waals surface area contributed by atoms with Crippen molar-refractivity contribution < 1.29 is 9.90 Å². The number of anilines is 1. The summed E-state index contributed by atoms with van der Waals surface area (Å²) in [5.74, 6) is -1.16. The molecule has 0 saturated heterocycles. The van der Waals surface area contributed by atoms with Gasteiger partial charge in [0.2, 0.25) is 0 Å². The van der Waals surface area contributed by atoms with E-state index < -0.39 is 5.97 Å². The molecule has 4 nitrogen and oxygen atoms in total. The summed E-state index contributed by atoms with van der Waals surface area (Å²) in [7, 11) is 0. The maximum absolute atomic E-state index is 11.0. The summed E-state index contributed by atoms with van der Waals surface area (Å²) in [5, 5.41) is 8.96. The summed E-state index contributed by atoms with van der Waals surface area (Å²) >= 11 is 0. The Morgan fingerprint density at radius 3 is 2.35 bits per heavy atom. The number of benzene rings is 1. The molecule has 2 aliphatic rings. The van der Waals surface area contributed by atoms with Gasteiger partial charge in [-0.15, -0.1) is 0 Å². The van der Waals surface area contributed by atoms with Gasteiger partial charge in [-0.2, -0.15) is 0 Å². The largest absolute Gasteiger partial charge is 0.486 e. The molecule has 4 heteroatoms. The van der Waals surface area contributed by atoms with E-state index in [2.05, 4.69) is 9.74 Å². The molecule has 2 heterocycles. The Morgan fingerprint density at radius 2 is 1.85 bits per heavy atom. The van der Waals surface area contributed by atoms with Gasteiger partial charge in [-0.25, -0.2) is 4.85 Å². The summed E-state index contributed by atoms with van der Waals surface area (Å²) < 4.78 is 0. The van der Waals surface area contributed by atoms with E-state index in [1.807, 2.05) is 12.1 Å². The predicted molar refractivity (Wildman–Crippen MR) is 77.5 cm³/mol. The number of nitrogens with zero attached hydrogens (tertiary/aromatic N) is 2. The smallest absolute Gasteiger partial charge is 0.333 e. The van der Waals surface area contributed by atoms with E-state index in [9.17, 15) is 4.79 Å². The second-order valence-electron chi connectivity index (χ2n) is 5.33. The molecule has 0 spiro atoms. The zero-order chi connectivity index (χ0) is 14.1. The fraction of sp³-hybridized carbons (Fsp3) is 0.375. The average molecular weight is 268 g/mol. The number of aliphatic carboxylic acids is 1. The van der Waals surface area contributed by atoms with Crippen molar-refractivity contribution in [2.75, 3.05) is 18.0 Å². The molecule has 3 rings (SSSR count). The highest BCUT2D eigenvalue weighted by Crippen LogP contribution is 2.36. The van der Waals surface area contributed by atoms with Crippen molar-refractivity contribution in [3.05, 3.63) is 45.9 Å². The van der Waals surface area contributed by atoms with Gasteiger partial charge in [0.25, 0.3) is 5.70 Å². The number of hydrogen-bond acceptors (Lipinski definition) is 2. The van der Waals surface area contributed by atoms with E-state index in [-0.39, 0.29) is 5.70 Å². The Morgan fingerprint density at radius 1 is 1.25 bits per heavy atom. The highest BCUT2D eigenvalue weighted by molar-refractivity contribution is 5.94. The van der Waals surface area contributed by atoms with Crippen molar-refractivity contribution in [2.45, 2.75) is 25.7 Å². The normalized spacial score (nSPS) is 17.4. The first kappa shape index (κ1) is 12.7. The van der Waals surface area contributed by atoms with Gasteiger partial charge >= 0.3 is 5.97 Å². The van der Waals surface area contributed by atoms with Gasteiger partial charge in [0.1, 0.15) is 0 Å². The minimum Gasteiger partial charge on any atom is -0.486 e. The molecule has 2 aliphatic heterocycles. The number of carboxylic acid groups (broad SMARTS) is 1. The van der Waals surface area contributed by atoms with Crippen LogP contribution in [0.3, 0.4) is 0 Å². The molecule has 0 unspecified atom stereocenters. The first-order valence-corrected chi connectivity index (χ1v) is 6.92. The standard InChI is InChI=1S/C16H16N2O2/c1-17-14(16(19)20)10-11-8-12-4-2-6-18-7-3-5-13(9-11)15(12)18/h8-10H,2-7H2,(H,19,20)/b14-10-. The summed E-state index contributed by atoms with van der Waals surface area (Å²) in [6.45, 7) is 9.18. The van der Waals surface area contributed by atoms with E-state index in [0.29, 0.717) is 0 Å². The summed E-state index contributed by atoms with van der Waals surface area (Å²) in [6, 6.07) is 4.09. The molecule has 1 aromatic rings. The topological polar surface area (TPSA) is 44.9 Å². The molecule has 20 heavy (non-hydrogen) atoms. The van der Waals surface area contributed by atoms with Crippen LogP contribution >= 0.6 is 0 Å². The van der Waals surface area contributed by atoms with Crippen LogP contribution in [0.15, 0.2) is 17.8 Å². The lowest BCUT2D eigenvalue weighted by Gasteiger charge is -2.37. The Kier molecular flexibility index (Phi) is 3.19. The Bertz CT molecular complexity index is 609. The third kappa shape index (κ3) is 2.16. The molecule has 0 fully saturated rings.